The molecule has 1 aliphatic rings. The number of nitrogens with zero attached hydrogens (tertiary/aromatic N) is 6. The number of hydrogen-bond acceptors (Lipinski definition) is 10. The minimum Gasteiger partial charge on any atom is -0.493 e. The molecule has 0 radical (unpaired) electrons. The molecule has 0 spiro atoms. The Balaban J connectivity index is 1.20. The maximum Gasteiger partial charge on any atom is 0.162 e. The minimum atomic E-state index is -0.715. The predicted octanol–water partition coefficient (Wildman–Crippen LogP) is 4.68. The van der Waals surface area contributed by atoms with E-state index in [0.29, 0.717) is 58.5 Å². The van der Waals surface area contributed by atoms with Gasteiger partial charge in [0.15, 0.2) is 11.5 Å². The monoisotopic (exact) mass is 569 g/mol. The van der Waals surface area contributed by atoms with Crippen molar-refractivity contribution in [3.8, 4) is 34.3 Å². The van der Waals surface area contributed by atoms with Crippen molar-refractivity contribution < 1.29 is 23.7 Å². The second-order valence-electron chi connectivity index (χ2n) is 9.73. The average Bonchev–Trinajstić information content (AvgIpc) is 3.42. The van der Waals surface area contributed by atoms with Crippen LogP contribution in [0.1, 0.15) is 0 Å². The van der Waals surface area contributed by atoms with Gasteiger partial charge in [0.2, 0.25) is 0 Å². The van der Waals surface area contributed by atoms with Gasteiger partial charge in [-0.2, -0.15) is 5.10 Å². The second kappa shape index (κ2) is 11.4. The number of hydrogen-bond donors (Lipinski definition) is 2. The van der Waals surface area contributed by atoms with Gasteiger partial charge in [-0.05, 0) is 30.3 Å². The summed E-state index contributed by atoms with van der Waals surface area (Å²) in [7, 11) is 3.38. The fraction of sp³-hybridized carbons (Fsp3) is 0.200. The van der Waals surface area contributed by atoms with E-state index in [9.17, 15) is 5.11 Å². The fourth-order valence-corrected chi connectivity index (χ4v) is 4.61. The smallest absolute Gasteiger partial charge is 0.162 e. The van der Waals surface area contributed by atoms with Gasteiger partial charge in [-0.3, -0.25) is 14.6 Å². The maximum atomic E-state index is 15.3. The number of pyridine rings is 1. The Bertz CT molecular complexity index is 1760. The first-order valence-electron chi connectivity index (χ1n) is 13.1. The number of ether oxygens (including phenoxy) is 3. The van der Waals surface area contributed by atoms with E-state index >= 15 is 4.39 Å². The van der Waals surface area contributed by atoms with Crippen molar-refractivity contribution in [2.24, 2.45) is 7.05 Å². The quantitative estimate of drug-likeness (QED) is 0.230. The lowest BCUT2D eigenvalue weighted by Crippen LogP contribution is -2.57. The highest BCUT2D eigenvalue weighted by Crippen LogP contribution is 2.37. The normalized spacial score (nSPS) is 14.3. The van der Waals surface area contributed by atoms with Crippen LogP contribution in [0.5, 0.6) is 23.0 Å². The number of aliphatic hydroxyl groups excluding tert-OH is 1. The van der Waals surface area contributed by atoms with Gasteiger partial charge in [0.1, 0.15) is 41.8 Å². The first-order chi connectivity index (χ1) is 20.4. The summed E-state index contributed by atoms with van der Waals surface area (Å²) in [5.41, 5.74) is 2.34. The van der Waals surface area contributed by atoms with E-state index in [1.54, 1.807) is 60.6 Å². The third kappa shape index (κ3) is 5.57. The van der Waals surface area contributed by atoms with Gasteiger partial charge in [0.25, 0.3) is 0 Å². The minimum absolute atomic E-state index is 0.141. The van der Waals surface area contributed by atoms with Gasteiger partial charge < -0.3 is 24.6 Å². The summed E-state index contributed by atoms with van der Waals surface area (Å²) in [6.45, 7) is 4.68. The number of aliphatic hydroxyl groups is 1. The topological polar surface area (TPSA) is 120 Å². The largest absolute Gasteiger partial charge is 0.493 e. The van der Waals surface area contributed by atoms with Crippen molar-refractivity contribution >= 4 is 22.4 Å². The predicted molar refractivity (Wildman–Crippen MR) is 154 cm³/mol. The molecule has 1 fully saturated rings. The zero-order valence-electron chi connectivity index (χ0n) is 22.9. The number of methoxy groups -OCH3 is 1. The van der Waals surface area contributed by atoms with Crippen LogP contribution in [-0.4, -0.2) is 67.3 Å². The fourth-order valence-electron chi connectivity index (χ4n) is 4.61. The van der Waals surface area contributed by atoms with E-state index in [2.05, 4.69) is 31.9 Å². The maximum absolute atomic E-state index is 15.3. The van der Waals surface area contributed by atoms with Crippen molar-refractivity contribution in [3.05, 3.63) is 85.9 Å². The van der Waals surface area contributed by atoms with Crippen molar-refractivity contribution in [3.63, 3.8) is 0 Å². The molecule has 0 aliphatic carbocycles. The molecular weight excluding hydrogens is 541 g/mol. The molecule has 6 rings (SSSR count). The lowest BCUT2D eigenvalue weighted by molar-refractivity contribution is -0.0674. The van der Waals surface area contributed by atoms with Crippen molar-refractivity contribution in [1.82, 2.24) is 29.6 Å². The molecular formula is C30H28FN7O4. The summed E-state index contributed by atoms with van der Waals surface area (Å²) in [4.78, 5) is 14.9. The van der Waals surface area contributed by atoms with Crippen LogP contribution in [0, 0.1) is 5.82 Å². The molecule has 12 heteroatoms. The number of anilines is 2. The molecule has 4 heterocycles. The standard InChI is InChI=1S/C30H28FN7O4/c1-4-29(39)38-15-21(16-38)42-28-11-22-26(12-27(28)40-3)33-17-34-30(22)36-24-6-5-19(9-23(24)31)41-20-7-8-32-25(10-20)18-13-35-37(2)14-18/h4-14,17,21,29,39H,1,15-16H2,2-3H3,(H,33,34,36). The van der Waals surface area contributed by atoms with Crippen LogP contribution < -0.4 is 19.5 Å². The van der Waals surface area contributed by atoms with Gasteiger partial charge >= 0.3 is 0 Å². The zero-order valence-corrected chi connectivity index (χ0v) is 22.9. The summed E-state index contributed by atoms with van der Waals surface area (Å²) in [6.07, 6.45) is 7.20. The van der Waals surface area contributed by atoms with E-state index in [0.717, 1.165) is 5.56 Å². The summed E-state index contributed by atoms with van der Waals surface area (Å²) in [5.74, 6) is 1.71. The molecule has 214 valence electrons. The average molecular weight is 570 g/mol. The Labute approximate surface area is 240 Å². The zero-order chi connectivity index (χ0) is 29.2. The van der Waals surface area contributed by atoms with E-state index in [-0.39, 0.29) is 11.8 Å². The lowest BCUT2D eigenvalue weighted by atomic mass is 10.1. The SMILES string of the molecule is C=CC(O)N1CC(Oc2cc3c(Nc4ccc(Oc5ccnc(-c6cnn(C)c6)c5)cc4F)ncnc3cc2OC)C1. The number of nitrogens with one attached hydrogen (secondary N) is 1. The number of aromatic nitrogens is 5. The van der Waals surface area contributed by atoms with E-state index in [4.69, 9.17) is 14.2 Å². The summed E-state index contributed by atoms with van der Waals surface area (Å²) >= 11 is 0. The van der Waals surface area contributed by atoms with Crippen LogP contribution in [-0.2, 0) is 7.05 Å². The van der Waals surface area contributed by atoms with Crippen molar-refractivity contribution in [1.29, 1.82) is 0 Å². The molecule has 1 unspecified atom stereocenters. The first kappa shape index (κ1) is 27.1. The van der Waals surface area contributed by atoms with Gasteiger partial charge in [-0.25, -0.2) is 14.4 Å². The van der Waals surface area contributed by atoms with Crippen LogP contribution in [0.3, 0.4) is 0 Å². The number of benzene rings is 2. The summed E-state index contributed by atoms with van der Waals surface area (Å²) in [6, 6.07) is 11.5. The molecule has 42 heavy (non-hydrogen) atoms. The Morgan fingerprint density at radius 2 is 1.93 bits per heavy atom. The summed E-state index contributed by atoms with van der Waals surface area (Å²) < 4.78 is 34.5. The van der Waals surface area contributed by atoms with Gasteiger partial charge in [-0.1, -0.05) is 6.58 Å². The number of halogens is 1. The third-order valence-electron chi connectivity index (χ3n) is 6.84. The van der Waals surface area contributed by atoms with E-state index in [1.807, 2.05) is 18.1 Å². The number of likely N-dealkylation sites (tertiary alicyclic amines) is 1. The van der Waals surface area contributed by atoms with Crippen LogP contribution in [0.15, 0.2) is 80.0 Å². The second-order valence-corrected chi connectivity index (χ2v) is 9.73. The van der Waals surface area contributed by atoms with E-state index in [1.165, 1.54) is 18.5 Å². The first-order valence-corrected chi connectivity index (χ1v) is 13.1. The molecule has 5 aromatic rings. The Morgan fingerprint density at radius 1 is 1.10 bits per heavy atom. The molecule has 0 bridgehead atoms. The molecule has 0 amide bonds. The van der Waals surface area contributed by atoms with Crippen LogP contribution in [0.4, 0.5) is 15.9 Å². The molecule has 1 saturated heterocycles. The molecule has 11 nitrogen and oxygen atoms in total. The molecule has 3 aromatic heterocycles. The van der Waals surface area contributed by atoms with Gasteiger partial charge in [0.05, 0.1) is 30.2 Å². The molecule has 0 saturated carbocycles. The Morgan fingerprint density at radius 3 is 2.67 bits per heavy atom. The Hall–Kier alpha value is -5.07. The lowest BCUT2D eigenvalue weighted by Gasteiger charge is -2.40. The number of fused-ring (bicyclic) bond motifs is 1. The molecule has 2 N–H and O–H groups in total. The highest BCUT2D eigenvalue weighted by Gasteiger charge is 2.32. The number of rotatable bonds is 10. The van der Waals surface area contributed by atoms with Crippen molar-refractivity contribution in [2.45, 2.75) is 12.3 Å². The molecule has 2 aromatic carbocycles. The van der Waals surface area contributed by atoms with Crippen LogP contribution >= 0.6 is 0 Å². The number of aryl methyl sites for hydroxylation is 1. The molecule has 1 atom stereocenters. The highest BCUT2D eigenvalue weighted by molar-refractivity contribution is 5.93. The van der Waals surface area contributed by atoms with Crippen LogP contribution in [0.25, 0.3) is 22.2 Å². The van der Waals surface area contributed by atoms with Crippen molar-refractivity contribution in [2.75, 3.05) is 25.5 Å². The van der Waals surface area contributed by atoms with Gasteiger partial charge in [-0.15, -0.1) is 0 Å². The summed E-state index contributed by atoms with van der Waals surface area (Å²) in [5, 5.41) is 17.8. The molecule has 1 aliphatic heterocycles. The van der Waals surface area contributed by atoms with E-state index < -0.39 is 12.0 Å². The van der Waals surface area contributed by atoms with Gasteiger partial charge in [0, 0.05) is 61.7 Å². The van der Waals surface area contributed by atoms with Crippen LogP contribution in [0.2, 0.25) is 0 Å². The Kier molecular flexibility index (Phi) is 7.38. The highest BCUT2D eigenvalue weighted by atomic mass is 19.1. The third-order valence-corrected chi connectivity index (χ3v) is 6.84.